The molecule has 1 aliphatic rings. The summed E-state index contributed by atoms with van der Waals surface area (Å²) in [6, 6.07) is 30.3. The molecule has 0 radical (unpaired) electrons. The van der Waals surface area contributed by atoms with Crippen LogP contribution in [0, 0.1) is 6.92 Å². The van der Waals surface area contributed by atoms with Crippen LogP contribution in [0.2, 0.25) is 0 Å². The Morgan fingerprint density at radius 1 is 0.729 bits per heavy atom. The van der Waals surface area contributed by atoms with Crippen LogP contribution in [-0.4, -0.2) is 28.2 Å². The molecule has 0 saturated carbocycles. The number of rotatable bonds is 6. The van der Waals surface area contributed by atoms with Gasteiger partial charge in [-0.2, -0.15) is 0 Å². The fraction of sp³-hybridized carbons (Fsp3) is 0.195. The van der Waals surface area contributed by atoms with Crippen LogP contribution < -0.4 is 14.8 Å². The average Bonchev–Trinajstić information content (AvgIpc) is 3.09. The number of ketones is 1. The van der Waals surface area contributed by atoms with E-state index in [4.69, 9.17) is 14.6 Å². The largest absolute Gasteiger partial charge is 0.507 e. The summed E-state index contributed by atoms with van der Waals surface area (Å²) in [4.78, 5) is 14.4. The van der Waals surface area contributed by atoms with Crippen molar-refractivity contribution in [3.63, 3.8) is 0 Å². The van der Waals surface area contributed by atoms with Crippen molar-refractivity contribution in [2.24, 2.45) is 0 Å². The lowest BCUT2D eigenvalue weighted by Gasteiger charge is -2.25. The summed E-state index contributed by atoms with van der Waals surface area (Å²) in [5.41, 5.74) is 6.79. The van der Waals surface area contributed by atoms with E-state index in [9.17, 15) is 9.90 Å². The van der Waals surface area contributed by atoms with Gasteiger partial charge in [0, 0.05) is 39.9 Å². The minimum atomic E-state index is -0.137. The van der Waals surface area contributed by atoms with Gasteiger partial charge in [0.25, 0.3) is 0 Å². The normalized spacial score (nSPS) is 11.8. The number of phenolic OH excluding ortho intramolecular Hbond substituents is 1. The molecule has 2 N–H and O–H groups in total. The maximum atomic E-state index is 14.4. The lowest BCUT2D eigenvalue weighted by atomic mass is 9.83. The Morgan fingerprint density at radius 3 is 1.98 bits per heavy atom. The first kappa shape index (κ1) is 32.3. The SMILES string of the molecule is CC.COc1ccc(-c2nnc3c4c(c(Nc5ccc(C(C)(C)C)cc5)cc(Oc5ccc(C)cc5)c24)C(=O)c2ccccc2-3)c(O)c1. The molecule has 0 fully saturated rings. The monoisotopic (exact) mass is 637 g/mol. The number of nitrogens with one attached hydrogen (secondary N) is 1. The van der Waals surface area contributed by atoms with E-state index in [2.05, 4.69) is 43.3 Å². The van der Waals surface area contributed by atoms with E-state index >= 15 is 0 Å². The molecule has 1 aliphatic carbocycles. The fourth-order valence-corrected chi connectivity index (χ4v) is 5.93. The Labute approximate surface area is 281 Å². The van der Waals surface area contributed by atoms with E-state index in [1.54, 1.807) is 19.2 Å². The van der Waals surface area contributed by atoms with Gasteiger partial charge in [-0.25, -0.2) is 0 Å². The third-order valence-corrected chi connectivity index (χ3v) is 8.41. The molecule has 0 amide bonds. The molecule has 48 heavy (non-hydrogen) atoms. The summed E-state index contributed by atoms with van der Waals surface area (Å²) in [5, 5.41) is 25.2. The Bertz CT molecular complexity index is 2150. The van der Waals surface area contributed by atoms with E-state index in [0.29, 0.717) is 67.4 Å². The minimum absolute atomic E-state index is 0.000808. The number of aryl methyl sites for hydroxylation is 1. The van der Waals surface area contributed by atoms with Crippen molar-refractivity contribution in [2.75, 3.05) is 12.4 Å². The average molecular weight is 638 g/mol. The molecule has 7 nitrogen and oxygen atoms in total. The molecule has 0 atom stereocenters. The van der Waals surface area contributed by atoms with Crippen LogP contribution in [0.25, 0.3) is 33.3 Å². The zero-order chi connectivity index (χ0) is 34.2. The van der Waals surface area contributed by atoms with Gasteiger partial charge >= 0.3 is 0 Å². The van der Waals surface area contributed by atoms with Gasteiger partial charge < -0.3 is 19.9 Å². The summed E-state index contributed by atoms with van der Waals surface area (Å²) in [6.07, 6.45) is 0. The number of carbonyl (C=O) groups is 1. The van der Waals surface area contributed by atoms with Crippen LogP contribution in [0.4, 0.5) is 11.4 Å². The van der Waals surface area contributed by atoms with Gasteiger partial charge in [-0.1, -0.05) is 88.7 Å². The molecule has 1 aromatic heterocycles. The molecule has 0 aliphatic heterocycles. The number of ether oxygens (including phenoxy) is 2. The molecule has 0 saturated heterocycles. The summed E-state index contributed by atoms with van der Waals surface area (Å²) < 4.78 is 11.9. The maximum absolute atomic E-state index is 14.4. The molecule has 7 rings (SSSR count). The van der Waals surface area contributed by atoms with Crippen molar-refractivity contribution in [1.82, 2.24) is 10.2 Å². The molecule has 7 heteroatoms. The molecular weight excluding hydrogens is 598 g/mol. The number of methoxy groups -OCH3 is 1. The van der Waals surface area contributed by atoms with Gasteiger partial charge in [-0.3, -0.25) is 4.79 Å². The highest BCUT2D eigenvalue weighted by atomic mass is 16.5. The van der Waals surface area contributed by atoms with Crippen molar-refractivity contribution < 1.29 is 19.4 Å². The maximum Gasteiger partial charge on any atom is 0.196 e. The van der Waals surface area contributed by atoms with E-state index in [1.807, 2.05) is 87.5 Å². The third kappa shape index (κ3) is 5.84. The van der Waals surface area contributed by atoms with Crippen LogP contribution in [-0.2, 0) is 5.41 Å². The van der Waals surface area contributed by atoms with Gasteiger partial charge in [0.15, 0.2) is 5.78 Å². The number of aromatic hydroxyl groups is 1. The molecule has 0 bridgehead atoms. The van der Waals surface area contributed by atoms with Crippen LogP contribution in [0.15, 0.2) is 97.1 Å². The van der Waals surface area contributed by atoms with Crippen molar-refractivity contribution in [3.05, 3.63) is 119 Å². The number of carbonyl (C=O) groups excluding carboxylic acids is 1. The first-order valence-electron chi connectivity index (χ1n) is 16.1. The number of fused-ring (bicyclic) bond motifs is 2. The number of hydrogen-bond acceptors (Lipinski definition) is 7. The van der Waals surface area contributed by atoms with Gasteiger partial charge in [0.1, 0.15) is 34.4 Å². The first-order chi connectivity index (χ1) is 23.1. The summed E-state index contributed by atoms with van der Waals surface area (Å²) >= 11 is 0. The van der Waals surface area contributed by atoms with Crippen molar-refractivity contribution in [1.29, 1.82) is 0 Å². The van der Waals surface area contributed by atoms with Crippen LogP contribution in [0.3, 0.4) is 0 Å². The van der Waals surface area contributed by atoms with Gasteiger partial charge in [-0.05, 0) is 54.3 Å². The van der Waals surface area contributed by atoms with E-state index < -0.39 is 0 Å². The third-order valence-electron chi connectivity index (χ3n) is 8.41. The number of nitrogens with zero attached hydrogens (tertiary/aromatic N) is 2. The number of benzene rings is 5. The second-order valence-corrected chi connectivity index (χ2v) is 12.6. The van der Waals surface area contributed by atoms with E-state index in [-0.39, 0.29) is 16.9 Å². The van der Waals surface area contributed by atoms with Gasteiger partial charge in [0.2, 0.25) is 0 Å². The molecule has 0 spiro atoms. The first-order valence-corrected chi connectivity index (χ1v) is 16.1. The predicted molar refractivity (Wildman–Crippen MR) is 193 cm³/mol. The van der Waals surface area contributed by atoms with Crippen LogP contribution in [0.5, 0.6) is 23.0 Å². The molecule has 242 valence electrons. The van der Waals surface area contributed by atoms with Crippen LogP contribution >= 0.6 is 0 Å². The highest BCUT2D eigenvalue weighted by Gasteiger charge is 2.33. The zero-order valence-corrected chi connectivity index (χ0v) is 28.3. The second kappa shape index (κ2) is 12.8. The summed E-state index contributed by atoms with van der Waals surface area (Å²) in [5.74, 6) is 1.41. The smallest absolute Gasteiger partial charge is 0.196 e. The fourth-order valence-electron chi connectivity index (χ4n) is 5.93. The Morgan fingerprint density at radius 2 is 1.35 bits per heavy atom. The lowest BCUT2D eigenvalue weighted by molar-refractivity contribution is 0.104. The standard InChI is InChI=1S/C39H33N3O4.C2H6/c1-22-10-16-25(17-11-22)46-32-21-30(40-24-14-12-23(13-15-24)39(2,3)4)33-35-34(32)37(29-19-18-26(45-5)20-31(29)43)42-41-36(35)27-8-6-7-9-28(27)38(33)44;1-2/h6-21,40,43H,1-5H3;1-2H3. The highest BCUT2D eigenvalue weighted by Crippen LogP contribution is 2.49. The second-order valence-electron chi connectivity index (χ2n) is 12.6. The predicted octanol–water partition coefficient (Wildman–Crippen LogP) is 10.4. The van der Waals surface area contributed by atoms with Gasteiger partial charge in [-0.15, -0.1) is 10.2 Å². The number of phenols is 1. The molecule has 1 heterocycles. The van der Waals surface area contributed by atoms with Crippen LogP contribution in [0.1, 0.15) is 61.7 Å². The van der Waals surface area contributed by atoms with Crippen molar-refractivity contribution in [2.45, 2.75) is 47.0 Å². The van der Waals surface area contributed by atoms with Crippen molar-refractivity contribution >= 4 is 27.9 Å². The Hall–Kier alpha value is -5.69. The molecule has 6 aromatic rings. The van der Waals surface area contributed by atoms with Gasteiger partial charge in [0.05, 0.1) is 23.7 Å². The molecule has 5 aromatic carbocycles. The Balaban J connectivity index is 0.00000197. The summed E-state index contributed by atoms with van der Waals surface area (Å²) in [6.45, 7) is 12.5. The van der Waals surface area contributed by atoms with E-state index in [0.717, 1.165) is 11.3 Å². The summed E-state index contributed by atoms with van der Waals surface area (Å²) in [7, 11) is 1.54. The number of aromatic nitrogens is 2. The topological polar surface area (TPSA) is 93.6 Å². The molecule has 0 unspecified atom stereocenters. The zero-order valence-electron chi connectivity index (χ0n) is 28.3. The number of hydrogen-bond donors (Lipinski definition) is 2. The quantitative estimate of drug-likeness (QED) is 0.187. The Kier molecular flexibility index (Phi) is 8.63. The highest BCUT2D eigenvalue weighted by molar-refractivity contribution is 6.30. The lowest BCUT2D eigenvalue weighted by Crippen LogP contribution is -2.15. The minimum Gasteiger partial charge on any atom is -0.507 e. The van der Waals surface area contributed by atoms with E-state index in [1.165, 1.54) is 11.6 Å². The number of anilines is 2. The van der Waals surface area contributed by atoms with Crippen molar-refractivity contribution in [3.8, 4) is 45.5 Å². The molecular formula is C41H39N3O4.